The van der Waals surface area contributed by atoms with Gasteiger partial charge >= 0.3 is 0 Å². The van der Waals surface area contributed by atoms with Crippen LogP contribution >= 0.6 is 0 Å². The summed E-state index contributed by atoms with van der Waals surface area (Å²) in [5, 5.41) is 0. The summed E-state index contributed by atoms with van der Waals surface area (Å²) in [5.41, 5.74) is -0.0111. The molecule has 0 bridgehead atoms. The van der Waals surface area contributed by atoms with Crippen molar-refractivity contribution >= 4 is 0 Å². The highest BCUT2D eigenvalue weighted by Crippen LogP contribution is 2.36. The fourth-order valence-electron chi connectivity index (χ4n) is 3.33. The fraction of sp³-hybridized carbons (Fsp3) is 0.368. The third kappa shape index (κ3) is 3.12. The van der Waals surface area contributed by atoms with E-state index in [0.717, 1.165) is 44.2 Å². The van der Waals surface area contributed by atoms with Crippen molar-refractivity contribution in [1.82, 2.24) is 0 Å². The first-order valence-corrected chi connectivity index (χ1v) is 7.92. The van der Waals surface area contributed by atoms with Crippen molar-refractivity contribution in [2.45, 2.75) is 44.9 Å². The minimum Gasteiger partial charge on any atom is -0.207 e. The Morgan fingerprint density at radius 1 is 0.739 bits per heavy atom. The highest BCUT2D eigenvalue weighted by molar-refractivity contribution is 5.66. The Bertz CT molecular complexity index is 684. The van der Waals surface area contributed by atoms with Gasteiger partial charge in [0, 0.05) is 5.56 Å². The van der Waals surface area contributed by atoms with E-state index in [1.807, 2.05) is 0 Å². The molecule has 1 saturated carbocycles. The van der Waals surface area contributed by atoms with Gasteiger partial charge < -0.3 is 0 Å². The first-order valence-electron chi connectivity index (χ1n) is 7.92. The second kappa shape index (κ2) is 6.34. The Morgan fingerprint density at radius 2 is 1.26 bits per heavy atom. The molecule has 122 valence electrons. The minimum atomic E-state index is -0.810. The molecule has 2 aromatic carbocycles. The van der Waals surface area contributed by atoms with E-state index in [1.165, 1.54) is 19.1 Å². The van der Waals surface area contributed by atoms with E-state index in [2.05, 4.69) is 0 Å². The molecule has 0 spiro atoms. The second-order valence-electron chi connectivity index (χ2n) is 6.26. The summed E-state index contributed by atoms with van der Waals surface area (Å²) in [5.74, 6) is -3.00. The molecule has 1 aliphatic rings. The van der Waals surface area contributed by atoms with Gasteiger partial charge in [0.1, 0.15) is 23.3 Å². The summed E-state index contributed by atoms with van der Waals surface area (Å²) in [6.07, 6.45) is 5.12. The molecule has 0 amide bonds. The highest BCUT2D eigenvalue weighted by atomic mass is 19.1. The standard InChI is InChI=1S/C19H18F4/c1-11-15(20)9-14(10-16(11)21)19-17(22)7-13(8-18(19)23)12-5-3-2-4-6-12/h7-10,12H,2-6H2,1H3. The monoisotopic (exact) mass is 322 g/mol. The van der Waals surface area contributed by atoms with Crippen molar-refractivity contribution in [2.24, 2.45) is 0 Å². The smallest absolute Gasteiger partial charge is 0.134 e. The van der Waals surface area contributed by atoms with Gasteiger partial charge in [0.2, 0.25) is 0 Å². The highest BCUT2D eigenvalue weighted by Gasteiger charge is 2.21. The van der Waals surface area contributed by atoms with Gasteiger partial charge in [-0.2, -0.15) is 0 Å². The molecule has 0 atom stereocenters. The maximum Gasteiger partial charge on any atom is 0.134 e. The minimum absolute atomic E-state index is 0.115. The molecular formula is C19H18F4. The number of halogens is 4. The summed E-state index contributed by atoms with van der Waals surface area (Å²) in [6, 6.07) is 4.56. The van der Waals surface area contributed by atoms with E-state index in [1.54, 1.807) is 0 Å². The predicted molar refractivity (Wildman–Crippen MR) is 82.3 cm³/mol. The fourth-order valence-corrected chi connectivity index (χ4v) is 3.33. The van der Waals surface area contributed by atoms with Crippen molar-refractivity contribution in [3.05, 3.63) is 58.7 Å². The van der Waals surface area contributed by atoms with Crippen LogP contribution in [0.3, 0.4) is 0 Å². The van der Waals surface area contributed by atoms with Crippen molar-refractivity contribution in [1.29, 1.82) is 0 Å². The lowest BCUT2D eigenvalue weighted by Crippen LogP contribution is -2.06. The Morgan fingerprint density at radius 3 is 1.78 bits per heavy atom. The van der Waals surface area contributed by atoms with Crippen molar-refractivity contribution in [3.63, 3.8) is 0 Å². The van der Waals surface area contributed by atoms with Gasteiger partial charge in [-0.15, -0.1) is 0 Å². The number of hydrogen-bond acceptors (Lipinski definition) is 0. The van der Waals surface area contributed by atoms with Crippen LogP contribution in [0.1, 0.15) is 49.1 Å². The molecule has 0 radical (unpaired) electrons. The zero-order chi connectivity index (χ0) is 16.6. The Kier molecular flexibility index (Phi) is 4.42. The van der Waals surface area contributed by atoms with E-state index < -0.39 is 23.3 Å². The van der Waals surface area contributed by atoms with Gasteiger partial charge in [-0.3, -0.25) is 0 Å². The second-order valence-corrected chi connectivity index (χ2v) is 6.26. The Hall–Kier alpha value is -1.84. The van der Waals surface area contributed by atoms with Crippen molar-refractivity contribution < 1.29 is 17.6 Å². The van der Waals surface area contributed by atoms with Gasteiger partial charge in [-0.25, -0.2) is 17.6 Å². The van der Waals surface area contributed by atoms with Gasteiger partial charge in [0.25, 0.3) is 0 Å². The van der Waals surface area contributed by atoms with E-state index in [-0.39, 0.29) is 22.6 Å². The molecule has 0 unspecified atom stereocenters. The van der Waals surface area contributed by atoms with Crippen LogP contribution in [0.25, 0.3) is 11.1 Å². The van der Waals surface area contributed by atoms with Crippen LogP contribution < -0.4 is 0 Å². The van der Waals surface area contributed by atoms with Gasteiger partial charge in [0.05, 0.1) is 5.56 Å². The van der Waals surface area contributed by atoms with E-state index >= 15 is 0 Å². The quantitative estimate of drug-likeness (QED) is 0.572. The first-order chi connectivity index (χ1) is 11.0. The average molecular weight is 322 g/mol. The summed E-state index contributed by atoms with van der Waals surface area (Å²) in [7, 11) is 0. The third-order valence-corrected chi connectivity index (χ3v) is 4.71. The predicted octanol–water partition coefficient (Wildman–Crippen LogP) is 6.27. The van der Waals surface area contributed by atoms with Gasteiger partial charge in [0.15, 0.2) is 0 Å². The SMILES string of the molecule is Cc1c(F)cc(-c2c(F)cc(C3CCCCC3)cc2F)cc1F. The van der Waals surface area contributed by atoms with E-state index in [4.69, 9.17) is 0 Å². The van der Waals surface area contributed by atoms with E-state index in [0.29, 0.717) is 5.56 Å². The molecule has 4 heteroatoms. The summed E-state index contributed by atoms with van der Waals surface area (Å²) >= 11 is 0. The largest absolute Gasteiger partial charge is 0.207 e. The number of hydrogen-bond donors (Lipinski definition) is 0. The molecule has 0 aromatic heterocycles. The lowest BCUT2D eigenvalue weighted by Gasteiger charge is -2.22. The topological polar surface area (TPSA) is 0 Å². The molecule has 0 aliphatic heterocycles. The van der Waals surface area contributed by atoms with Crippen LogP contribution in [0.4, 0.5) is 17.6 Å². The van der Waals surface area contributed by atoms with Crippen LogP contribution in [-0.2, 0) is 0 Å². The summed E-state index contributed by atoms with van der Waals surface area (Å²) in [6.45, 7) is 1.29. The van der Waals surface area contributed by atoms with Gasteiger partial charge in [-0.1, -0.05) is 19.3 Å². The molecule has 0 nitrogen and oxygen atoms in total. The summed E-state index contributed by atoms with van der Waals surface area (Å²) < 4.78 is 56.2. The van der Waals surface area contributed by atoms with E-state index in [9.17, 15) is 17.6 Å². The molecule has 0 saturated heterocycles. The van der Waals surface area contributed by atoms with Crippen molar-refractivity contribution in [2.75, 3.05) is 0 Å². The molecule has 1 aliphatic carbocycles. The zero-order valence-corrected chi connectivity index (χ0v) is 12.9. The third-order valence-electron chi connectivity index (χ3n) is 4.71. The molecule has 23 heavy (non-hydrogen) atoms. The zero-order valence-electron chi connectivity index (χ0n) is 12.9. The maximum absolute atomic E-state index is 14.4. The number of rotatable bonds is 2. The molecule has 2 aromatic rings. The van der Waals surface area contributed by atoms with Crippen LogP contribution in [0.5, 0.6) is 0 Å². The first kappa shape index (κ1) is 16.0. The normalized spacial score (nSPS) is 15.9. The number of benzene rings is 2. The van der Waals surface area contributed by atoms with Crippen molar-refractivity contribution in [3.8, 4) is 11.1 Å². The Labute approximate surface area is 133 Å². The molecule has 0 heterocycles. The maximum atomic E-state index is 14.4. The van der Waals surface area contributed by atoms with Crippen LogP contribution in [-0.4, -0.2) is 0 Å². The van der Waals surface area contributed by atoms with Crippen LogP contribution in [0.2, 0.25) is 0 Å². The molecule has 3 rings (SSSR count). The molecular weight excluding hydrogens is 304 g/mol. The lowest BCUT2D eigenvalue weighted by atomic mass is 9.83. The Balaban J connectivity index is 2.04. The molecule has 1 fully saturated rings. The average Bonchev–Trinajstić information content (AvgIpc) is 2.52. The van der Waals surface area contributed by atoms with Crippen LogP contribution in [0.15, 0.2) is 24.3 Å². The van der Waals surface area contributed by atoms with Gasteiger partial charge in [-0.05, 0) is 61.1 Å². The lowest BCUT2D eigenvalue weighted by molar-refractivity contribution is 0.440. The van der Waals surface area contributed by atoms with Crippen LogP contribution in [0, 0.1) is 30.2 Å². The molecule has 0 N–H and O–H groups in total. The summed E-state index contributed by atoms with van der Waals surface area (Å²) in [4.78, 5) is 0.